The van der Waals surface area contributed by atoms with E-state index in [-0.39, 0.29) is 18.0 Å². The Labute approximate surface area is 123 Å². The second-order valence-corrected chi connectivity index (χ2v) is 5.02. The molecule has 1 aliphatic rings. The highest BCUT2D eigenvalue weighted by Crippen LogP contribution is 2.15. The molecule has 0 saturated carbocycles. The Hall–Kier alpha value is -1.69. The summed E-state index contributed by atoms with van der Waals surface area (Å²) in [6.07, 6.45) is 5.82. The van der Waals surface area contributed by atoms with Crippen LogP contribution in [-0.2, 0) is 4.79 Å². The molecule has 1 amide bonds. The summed E-state index contributed by atoms with van der Waals surface area (Å²) in [5.74, 6) is -0.149. The Bertz CT molecular complexity index is 530. The van der Waals surface area contributed by atoms with Gasteiger partial charge in [0.1, 0.15) is 6.04 Å². The number of halogens is 1. The SMILES string of the molecule is CC1CC(C(=O)N/N=C\C=C\c2ccccc2Cl)NN1. The van der Waals surface area contributed by atoms with E-state index in [1.165, 1.54) is 6.21 Å². The van der Waals surface area contributed by atoms with Crippen molar-refractivity contribution in [3.8, 4) is 0 Å². The maximum Gasteiger partial charge on any atom is 0.258 e. The monoisotopic (exact) mass is 292 g/mol. The minimum absolute atomic E-state index is 0.149. The van der Waals surface area contributed by atoms with Gasteiger partial charge >= 0.3 is 0 Å². The van der Waals surface area contributed by atoms with Crippen LogP contribution in [0.5, 0.6) is 0 Å². The molecule has 5 nitrogen and oxygen atoms in total. The van der Waals surface area contributed by atoms with Crippen LogP contribution in [0, 0.1) is 0 Å². The van der Waals surface area contributed by atoms with Gasteiger partial charge in [-0.25, -0.2) is 10.9 Å². The first-order chi connectivity index (χ1) is 9.66. The van der Waals surface area contributed by atoms with E-state index in [0.29, 0.717) is 5.02 Å². The molecule has 2 unspecified atom stereocenters. The third kappa shape index (κ3) is 4.16. The molecule has 0 radical (unpaired) electrons. The van der Waals surface area contributed by atoms with E-state index in [2.05, 4.69) is 21.4 Å². The highest BCUT2D eigenvalue weighted by atomic mass is 35.5. The van der Waals surface area contributed by atoms with Crippen LogP contribution < -0.4 is 16.3 Å². The molecule has 0 aliphatic carbocycles. The van der Waals surface area contributed by atoms with Crippen molar-refractivity contribution in [1.82, 2.24) is 16.3 Å². The summed E-state index contributed by atoms with van der Waals surface area (Å²) >= 11 is 6.01. The zero-order chi connectivity index (χ0) is 14.4. The first-order valence-electron chi connectivity index (χ1n) is 6.42. The van der Waals surface area contributed by atoms with Crippen molar-refractivity contribution in [2.45, 2.75) is 25.4 Å². The predicted molar refractivity (Wildman–Crippen MR) is 81.3 cm³/mol. The van der Waals surface area contributed by atoms with Crippen molar-refractivity contribution in [1.29, 1.82) is 0 Å². The van der Waals surface area contributed by atoms with Crippen LogP contribution in [0.15, 0.2) is 35.4 Å². The van der Waals surface area contributed by atoms with Gasteiger partial charge in [0.25, 0.3) is 5.91 Å². The number of hydrazone groups is 1. The summed E-state index contributed by atoms with van der Waals surface area (Å²) in [4.78, 5) is 11.7. The molecule has 1 aliphatic heterocycles. The predicted octanol–water partition coefficient (Wildman–Crippen LogP) is 1.71. The lowest BCUT2D eigenvalue weighted by Gasteiger charge is -2.05. The Morgan fingerprint density at radius 1 is 1.45 bits per heavy atom. The molecule has 1 heterocycles. The molecule has 0 aromatic heterocycles. The summed E-state index contributed by atoms with van der Waals surface area (Å²) < 4.78 is 0. The molecule has 0 bridgehead atoms. The van der Waals surface area contributed by atoms with Crippen molar-refractivity contribution in [3.05, 3.63) is 40.9 Å². The molecule has 6 heteroatoms. The largest absolute Gasteiger partial charge is 0.271 e. The van der Waals surface area contributed by atoms with Crippen LogP contribution >= 0.6 is 11.6 Å². The molecule has 1 aromatic carbocycles. The highest BCUT2D eigenvalue weighted by molar-refractivity contribution is 6.32. The van der Waals surface area contributed by atoms with Gasteiger partial charge in [-0.15, -0.1) is 0 Å². The minimum atomic E-state index is -0.241. The molecule has 1 fully saturated rings. The molecule has 2 rings (SSSR count). The van der Waals surface area contributed by atoms with Crippen LogP contribution in [0.3, 0.4) is 0 Å². The van der Waals surface area contributed by atoms with Gasteiger partial charge in [0, 0.05) is 17.3 Å². The lowest BCUT2D eigenvalue weighted by atomic mass is 10.1. The van der Waals surface area contributed by atoms with Crippen molar-refractivity contribution in [3.63, 3.8) is 0 Å². The molecule has 20 heavy (non-hydrogen) atoms. The number of hydrogen-bond donors (Lipinski definition) is 3. The van der Waals surface area contributed by atoms with Gasteiger partial charge in [-0.2, -0.15) is 5.10 Å². The summed E-state index contributed by atoms with van der Waals surface area (Å²) in [6, 6.07) is 7.55. The fraction of sp³-hybridized carbons (Fsp3) is 0.286. The van der Waals surface area contributed by atoms with E-state index in [1.807, 2.05) is 37.3 Å². The normalized spacial score (nSPS) is 22.7. The standard InChI is InChI=1S/C14H17ClN4O/c1-10-9-13(18-17-10)14(20)19-16-8-4-6-11-5-2-3-7-12(11)15/h2-8,10,13,17-18H,9H2,1H3,(H,19,20)/b6-4+,16-8-. The first-order valence-corrected chi connectivity index (χ1v) is 6.80. The summed E-state index contributed by atoms with van der Waals surface area (Å²) in [7, 11) is 0. The van der Waals surface area contributed by atoms with E-state index in [1.54, 1.807) is 6.08 Å². The number of carbonyl (C=O) groups excluding carboxylic acids is 1. The molecule has 106 valence electrons. The number of allylic oxidation sites excluding steroid dienone is 1. The molecule has 3 N–H and O–H groups in total. The molecule has 0 spiro atoms. The van der Waals surface area contributed by atoms with Gasteiger partial charge < -0.3 is 0 Å². The molecular weight excluding hydrogens is 276 g/mol. The Kier molecular flexibility index (Phi) is 5.29. The number of nitrogens with one attached hydrogen (secondary N) is 3. The van der Waals surface area contributed by atoms with E-state index in [9.17, 15) is 4.79 Å². The van der Waals surface area contributed by atoms with Gasteiger partial charge in [0.05, 0.1) is 0 Å². The maximum absolute atomic E-state index is 11.7. The fourth-order valence-corrected chi connectivity index (χ4v) is 2.06. The number of hydrazine groups is 1. The minimum Gasteiger partial charge on any atom is -0.271 e. The second kappa shape index (κ2) is 7.19. The van der Waals surface area contributed by atoms with Crippen LogP contribution in [-0.4, -0.2) is 24.2 Å². The number of amides is 1. The zero-order valence-corrected chi connectivity index (χ0v) is 11.9. The molecular formula is C14H17ClN4O. The highest BCUT2D eigenvalue weighted by Gasteiger charge is 2.26. The van der Waals surface area contributed by atoms with E-state index < -0.39 is 0 Å². The number of carbonyl (C=O) groups is 1. The van der Waals surface area contributed by atoms with Crippen molar-refractivity contribution in [2.75, 3.05) is 0 Å². The third-order valence-electron chi connectivity index (χ3n) is 2.93. The Morgan fingerprint density at radius 3 is 2.95 bits per heavy atom. The molecule has 1 aromatic rings. The Morgan fingerprint density at radius 2 is 2.25 bits per heavy atom. The number of hydrogen-bond acceptors (Lipinski definition) is 4. The lowest BCUT2D eigenvalue weighted by molar-refractivity contribution is -0.122. The zero-order valence-electron chi connectivity index (χ0n) is 11.1. The van der Waals surface area contributed by atoms with Gasteiger partial charge in [-0.05, 0) is 31.1 Å². The summed E-state index contributed by atoms with van der Waals surface area (Å²) in [5, 5.41) is 4.54. The second-order valence-electron chi connectivity index (χ2n) is 4.61. The van der Waals surface area contributed by atoms with Crippen molar-refractivity contribution < 1.29 is 4.79 Å². The summed E-state index contributed by atoms with van der Waals surface area (Å²) in [6.45, 7) is 2.01. The van der Waals surface area contributed by atoms with Crippen LogP contribution in [0.4, 0.5) is 0 Å². The summed E-state index contributed by atoms with van der Waals surface area (Å²) in [5.41, 5.74) is 9.29. The van der Waals surface area contributed by atoms with Crippen LogP contribution in [0.25, 0.3) is 6.08 Å². The first kappa shape index (κ1) is 14.7. The van der Waals surface area contributed by atoms with Crippen molar-refractivity contribution in [2.24, 2.45) is 5.10 Å². The smallest absolute Gasteiger partial charge is 0.258 e. The van der Waals surface area contributed by atoms with E-state index in [0.717, 1.165) is 12.0 Å². The number of rotatable bonds is 4. The van der Waals surface area contributed by atoms with Gasteiger partial charge in [-0.1, -0.05) is 35.9 Å². The van der Waals surface area contributed by atoms with Crippen LogP contribution in [0.1, 0.15) is 18.9 Å². The van der Waals surface area contributed by atoms with E-state index >= 15 is 0 Å². The maximum atomic E-state index is 11.7. The molecule has 2 atom stereocenters. The van der Waals surface area contributed by atoms with Gasteiger partial charge in [-0.3, -0.25) is 10.2 Å². The third-order valence-corrected chi connectivity index (χ3v) is 3.27. The quantitative estimate of drug-likeness (QED) is 0.585. The number of nitrogens with zero attached hydrogens (tertiary/aromatic N) is 1. The van der Waals surface area contributed by atoms with Gasteiger partial charge in [0.15, 0.2) is 0 Å². The average Bonchev–Trinajstić information content (AvgIpc) is 2.87. The number of benzene rings is 1. The van der Waals surface area contributed by atoms with Crippen molar-refractivity contribution >= 4 is 29.8 Å². The van der Waals surface area contributed by atoms with E-state index in [4.69, 9.17) is 11.6 Å². The Balaban J connectivity index is 1.79. The topological polar surface area (TPSA) is 65.5 Å². The van der Waals surface area contributed by atoms with Gasteiger partial charge in [0.2, 0.25) is 0 Å². The lowest BCUT2D eigenvalue weighted by Crippen LogP contribution is -2.41. The van der Waals surface area contributed by atoms with Crippen LogP contribution in [0.2, 0.25) is 5.02 Å². The molecule has 1 saturated heterocycles. The average molecular weight is 293 g/mol. The fourth-order valence-electron chi connectivity index (χ4n) is 1.87.